The van der Waals surface area contributed by atoms with Crippen molar-refractivity contribution in [2.24, 2.45) is 0 Å². The van der Waals surface area contributed by atoms with E-state index in [1.54, 1.807) is 32.4 Å². The van der Waals surface area contributed by atoms with Crippen LogP contribution in [0.2, 0.25) is 0 Å². The summed E-state index contributed by atoms with van der Waals surface area (Å²) in [6, 6.07) is 15.5. The number of hydrogen-bond donors (Lipinski definition) is 0. The number of rotatable bonds is 6. The summed E-state index contributed by atoms with van der Waals surface area (Å²) in [5, 5.41) is 0. The van der Waals surface area contributed by atoms with E-state index in [4.69, 9.17) is 18.9 Å². The van der Waals surface area contributed by atoms with Crippen LogP contribution in [0.4, 0.5) is 0 Å². The fourth-order valence-electron chi connectivity index (χ4n) is 3.55. The van der Waals surface area contributed by atoms with Gasteiger partial charge < -0.3 is 18.9 Å². The number of sulfonamides is 1. The quantitative estimate of drug-likeness (QED) is 0.562. The van der Waals surface area contributed by atoms with E-state index in [2.05, 4.69) is 4.98 Å². The first-order valence-electron chi connectivity index (χ1n) is 9.95. The van der Waals surface area contributed by atoms with Crippen LogP contribution in [-0.4, -0.2) is 52.2 Å². The van der Waals surface area contributed by atoms with E-state index < -0.39 is 10.0 Å². The Morgan fingerprint density at radius 1 is 0.969 bits per heavy atom. The summed E-state index contributed by atoms with van der Waals surface area (Å²) in [7, 11) is 0.906. The van der Waals surface area contributed by atoms with Crippen LogP contribution in [0, 0.1) is 0 Å². The van der Waals surface area contributed by atoms with E-state index in [1.807, 2.05) is 24.3 Å². The molecule has 0 atom stereocenters. The maximum absolute atomic E-state index is 13.3. The second-order valence-corrected chi connectivity index (χ2v) is 9.03. The van der Waals surface area contributed by atoms with Crippen LogP contribution in [0.3, 0.4) is 0 Å². The normalized spacial score (nSPS) is 14.1. The number of nitrogens with zero attached hydrogens (tertiary/aromatic N) is 2. The largest absolute Gasteiger partial charge is 0.497 e. The lowest BCUT2D eigenvalue weighted by molar-refractivity contribution is 0.279. The van der Waals surface area contributed by atoms with Gasteiger partial charge >= 0.3 is 0 Å². The molecule has 2 aromatic carbocycles. The number of ether oxygens (including phenoxy) is 4. The Balaban J connectivity index is 1.73. The van der Waals surface area contributed by atoms with E-state index in [-0.39, 0.29) is 24.6 Å². The molecule has 0 bridgehead atoms. The fourth-order valence-corrected chi connectivity index (χ4v) is 4.95. The van der Waals surface area contributed by atoms with E-state index >= 15 is 0 Å². The highest BCUT2D eigenvalue weighted by Gasteiger charge is 2.29. The third-order valence-electron chi connectivity index (χ3n) is 5.21. The molecule has 1 aliphatic heterocycles. The molecular weight excluding hydrogens is 432 g/mol. The Hall–Kier alpha value is -3.30. The van der Waals surface area contributed by atoms with Gasteiger partial charge in [0, 0.05) is 30.3 Å². The number of benzene rings is 2. The van der Waals surface area contributed by atoms with Crippen LogP contribution in [-0.2, 0) is 16.6 Å². The number of methoxy groups -OCH3 is 3. The Bertz CT molecular complexity index is 1210. The molecule has 9 heteroatoms. The summed E-state index contributed by atoms with van der Waals surface area (Å²) in [6.45, 7) is 0.548. The maximum Gasteiger partial charge on any atom is 0.243 e. The zero-order valence-corrected chi connectivity index (χ0v) is 18.9. The predicted octanol–water partition coefficient (Wildman–Crippen LogP) is 3.36. The zero-order valence-electron chi connectivity index (χ0n) is 18.1. The molecule has 0 saturated carbocycles. The molecule has 8 nitrogen and oxygen atoms in total. The Morgan fingerprint density at radius 2 is 1.75 bits per heavy atom. The molecule has 0 spiro atoms. The molecule has 168 valence electrons. The van der Waals surface area contributed by atoms with Crippen LogP contribution < -0.4 is 18.9 Å². The molecule has 1 aromatic heterocycles. The van der Waals surface area contributed by atoms with Gasteiger partial charge in [-0.2, -0.15) is 4.31 Å². The minimum Gasteiger partial charge on any atom is -0.497 e. The molecule has 0 aliphatic carbocycles. The van der Waals surface area contributed by atoms with E-state index in [0.717, 1.165) is 5.56 Å². The van der Waals surface area contributed by atoms with Crippen molar-refractivity contribution in [3.63, 3.8) is 0 Å². The van der Waals surface area contributed by atoms with Gasteiger partial charge in [-0.1, -0.05) is 6.07 Å². The van der Waals surface area contributed by atoms with Gasteiger partial charge in [-0.05, 0) is 42.5 Å². The van der Waals surface area contributed by atoms with Crippen molar-refractivity contribution in [3.8, 4) is 34.4 Å². The highest BCUT2D eigenvalue weighted by Crippen LogP contribution is 2.39. The minimum absolute atomic E-state index is 0.137. The molecule has 3 aromatic rings. The van der Waals surface area contributed by atoms with Crippen LogP contribution in [0.1, 0.15) is 5.56 Å². The van der Waals surface area contributed by atoms with Crippen molar-refractivity contribution in [3.05, 3.63) is 60.2 Å². The minimum atomic E-state index is -3.74. The molecule has 0 amide bonds. The molecule has 0 saturated heterocycles. The third kappa shape index (κ3) is 4.21. The molecule has 32 heavy (non-hydrogen) atoms. The van der Waals surface area contributed by atoms with Crippen LogP contribution >= 0.6 is 0 Å². The molecule has 0 radical (unpaired) electrons. The second kappa shape index (κ2) is 9.05. The first kappa shape index (κ1) is 21.9. The summed E-state index contributed by atoms with van der Waals surface area (Å²) in [5.41, 5.74) is 2.14. The number of aromatic nitrogens is 1. The number of hydrogen-bond acceptors (Lipinski definition) is 7. The third-order valence-corrected chi connectivity index (χ3v) is 7.07. The summed E-state index contributed by atoms with van der Waals surface area (Å²) in [5.74, 6) is 2.13. The van der Waals surface area contributed by atoms with Gasteiger partial charge in [-0.3, -0.25) is 0 Å². The topological polar surface area (TPSA) is 87.2 Å². The Kier molecular flexibility index (Phi) is 6.20. The van der Waals surface area contributed by atoms with Gasteiger partial charge in [0.25, 0.3) is 0 Å². The lowest BCUT2D eigenvalue weighted by Gasteiger charge is -2.20. The molecular formula is C23H24N2O6S. The SMILES string of the molecule is COc1ccc(S(=O)(=O)N2CCOc3c(cc(-c4cccc(OC)n4)cc3OC)C2)cc1. The van der Waals surface area contributed by atoms with Gasteiger partial charge in [0.2, 0.25) is 15.9 Å². The van der Waals surface area contributed by atoms with Crippen molar-refractivity contribution in [2.45, 2.75) is 11.4 Å². The number of fused-ring (bicyclic) bond motifs is 1. The maximum atomic E-state index is 13.3. The standard InChI is InChI=1S/C23H24N2O6S/c1-28-18-7-9-19(10-8-18)32(26,27)25-11-12-31-23-17(15-25)13-16(14-21(23)29-2)20-5-4-6-22(24-20)30-3/h4-10,13-14H,11-12,15H2,1-3H3. The monoisotopic (exact) mass is 456 g/mol. The van der Waals surface area contributed by atoms with Gasteiger partial charge in [0.15, 0.2) is 11.5 Å². The highest BCUT2D eigenvalue weighted by molar-refractivity contribution is 7.89. The summed E-state index contributed by atoms with van der Waals surface area (Å²) >= 11 is 0. The Morgan fingerprint density at radius 3 is 2.44 bits per heavy atom. The van der Waals surface area contributed by atoms with Gasteiger partial charge in [-0.15, -0.1) is 0 Å². The smallest absolute Gasteiger partial charge is 0.243 e. The lowest BCUT2D eigenvalue weighted by atomic mass is 10.1. The average molecular weight is 457 g/mol. The highest BCUT2D eigenvalue weighted by atomic mass is 32.2. The van der Waals surface area contributed by atoms with Crippen LogP contribution in [0.5, 0.6) is 23.1 Å². The van der Waals surface area contributed by atoms with E-state index in [9.17, 15) is 8.42 Å². The van der Waals surface area contributed by atoms with Crippen molar-refractivity contribution in [1.29, 1.82) is 0 Å². The lowest BCUT2D eigenvalue weighted by Crippen LogP contribution is -2.32. The van der Waals surface area contributed by atoms with Gasteiger partial charge in [-0.25, -0.2) is 13.4 Å². The average Bonchev–Trinajstić information content (AvgIpc) is 3.06. The van der Waals surface area contributed by atoms with E-state index in [1.165, 1.54) is 23.5 Å². The molecule has 0 N–H and O–H groups in total. The fraction of sp³-hybridized carbons (Fsp3) is 0.261. The zero-order chi connectivity index (χ0) is 22.7. The number of pyridine rings is 1. The molecule has 0 unspecified atom stereocenters. The van der Waals surface area contributed by atoms with Crippen LogP contribution in [0.25, 0.3) is 11.3 Å². The first-order valence-corrected chi connectivity index (χ1v) is 11.4. The molecule has 4 rings (SSSR count). The Labute approximate surface area is 187 Å². The molecule has 1 aliphatic rings. The van der Waals surface area contributed by atoms with Gasteiger partial charge in [0.05, 0.1) is 31.9 Å². The van der Waals surface area contributed by atoms with Crippen molar-refractivity contribution >= 4 is 10.0 Å². The molecule has 0 fully saturated rings. The van der Waals surface area contributed by atoms with E-state index in [0.29, 0.717) is 34.4 Å². The first-order chi connectivity index (χ1) is 15.5. The van der Waals surface area contributed by atoms with Crippen molar-refractivity contribution in [2.75, 3.05) is 34.5 Å². The van der Waals surface area contributed by atoms with Gasteiger partial charge in [0.1, 0.15) is 12.4 Å². The summed E-state index contributed by atoms with van der Waals surface area (Å²) in [6.07, 6.45) is 0. The molecule has 2 heterocycles. The van der Waals surface area contributed by atoms with Crippen molar-refractivity contribution in [1.82, 2.24) is 9.29 Å². The second-order valence-electron chi connectivity index (χ2n) is 7.09. The van der Waals surface area contributed by atoms with Crippen molar-refractivity contribution < 1.29 is 27.4 Å². The summed E-state index contributed by atoms with van der Waals surface area (Å²) < 4.78 is 49.9. The van der Waals surface area contributed by atoms with Crippen LogP contribution in [0.15, 0.2) is 59.5 Å². The predicted molar refractivity (Wildman–Crippen MR) is 119 cm³/mol. The summed E-state index contributed by atoms with van der Waals surface area (Å²) in [4.78, 5) is 4.67.